The lowest BCUT2D eigenvalue weighted by Crippen LogP contribution is -2.07. The highest BCUT2D eigenvalue weighted by Crippen LogP contribution is 2.08. The van der Waals surface area contributed by atoms with Crippen LogP contribution in [-0.2, 0) is 28.6 Å². The van der Waals surface area contributed by atoms with Crippen LogP contribution in [0.3, 0.4) is 0 Å². The molecule has 0 aromatic rings. The number of esters is 2. The number of carbonyl (C=O) groups is 3. The molecule has 7 nitrogen and oxygen atoms in total. The Labute approximate surface area is 135 Å². The Balaban J connectivity index is 0.000000459. The van der Waals surface area contributed by atoms with Gasteiger partial charge in [0, 0.05) is 12.2 Å². The molecule has 1 fully saturated rings. The second kappa shape index (κ2) is 12.2. The van der Waals surface area contributed by atoms with E-state index in [1.54, 1.807) is 0 Å². The topological polar surface area (TPSA) is 102 Å². The monoisotopic (exact) mass is 326 g/mol. The Bertz CT molecular complexity index is 461. The van der Waals surface area contributed by atoms with Crippen LogP contribution in [0.15, 0.2) is 37.0 Å². The molecule has 1 heterocycles. The standard InChI is InChI=1S/C10H14O4.C6H8O3/c1-3-4-7-14-10(13)8(2)5-6-9(11)12;1-2-6(7)9-4-5-3-8-5/h5-6H,2-4,7H2,1H3,(H,11,12);2,5H,1,3-4H2. The maximum Gasteiger partial charge on any atom is 0.337 e. The van der Waals surface area contributed by atoms with E-state index in [1.807, 2.05) is 6.92 Å². The largest absolute Gasteiger partial charge is 0.478 e. The Kier molecular flexibility index (Phi) is 10.9. The molecule has 1 saturated heterocycles. The van der Waals surface area contributed by atoms with Gasteiger partial charge in [-0.25, -0.2) is 14.4 Å². The summed E-state index contributed by atoms with van der Waals surface area (Å²) in [7, 11) is 0. The molecular formula is C16H22O7. The van der Waals surface area contributed by atoms with E-state index < -0.39 is 11.9 Å². The van der Waals surface area contributed by atoms with Crippen molar-refractivity contribution in [2.75, 3.05) is 19.8 Å². The molecule has 7 heteroatoms. The number of ether oxygens (including phenoxy) is 3. The molecule has 0 bridgehead atoms. The van der Waals surface area contributed by atoms with Crippen LogP contribution in [0.2, 0.25) is 0 Å². The van der Waals surface area contributed by atoms with Gasteiger partial charge in [0.2, 0.25) is 0 Å². The predicted molar refractivity (Wildman–Crippen MR) is 82.7 cm³/mol. The molecule has 0 spiro atoms. The lowest BCUT2D eigenvalue weighted by Gasteiger charge is -2.02. The zero-order chi connectivity index (χ0) is 17.7. The highest BCUT2D eigenvalue weighted by atomic mass is 16.6. The third-order valence-electron chi connectivity index (χ3n) is 2.40. The predicted octanol–water partition coefficient (Wildman–Crippen LogP) is 1.64. The molecule has 0 aromatic heterocycles. The maximum absolute atomic E-state index is 11.1. The number of aliphatic carboxylic acids is 1. The average Bonchev–Trinajstić information content (AvgIpc) is 3.35. The van der Waals surface area contributed by atoms with Gasteiger partial charge in [-0.05, 0) is 12.5 Å². The molecule has 23 heavy (non-hydrogen) atoms. The van der Waals surface area contributed by atoms with Crippen molar-refractivity contribution in [3.05, 3.63) is 37.0 Å². The van der Waals surface area contributed by atoms with E-state index in [1.165, 1.54) is 0 Å². The summed E-state index contributed by atoms with van der Waals surface area (Å²) in [4.78, 5) is 31.5. The van der Waals surface area contributed by atoms with E-state index in [-0.39, 0.29) is 17.6 Å². The molecule has 0 aliphatic carbocycles. The van der Waals surface area contributed by atoms with Crippen molar-refractivity contribution in [3.63, 3.8) is 0 Å². The molecule has 1 aliphatic rings. The van der Waals surface area contributed by atoms with Crippen molar-refractivity contribution in [3.8, 4) is 0 Å². The quantitative estimate of drug-likeness (QED) is 0.226. The number of carbonyl (C=O) groups excluding carboxylic acids is 2. The molecule has 1 atom stereocenters. The van der Waals surface area contributed by atoms with Crippen LogP contribution >= 0.6 is 0 Å². The van der Waals surface area contributed by atoms with Gasteiger partial charge in [-0.1, -0.05) is 26.5 Å². The van der Waals surface area contributed by atoms with Crippen LogP contribution in [0.4, 0.5) is 0 Å². The van der Waals surface area contributed by atoms with E-state index >= 15 is 0 Å². The van der Waals surface area contributed by atoms with Gasteiger partial charge in [0.1, 0.15) is 12.7 Å². The fraction of sp³-hybridized carbons (Fsp3) is 0.438. The third kappa shape index (κ3) is 13.0. The second-order valence-corrected chi connectivity index (χ2v) is 4.48. The number of unbranched alkanes of at least 4 members (excludes halogenated alkanes) is 1. The normalized spacial score (nSPS) is 15.1. The molecule has 1 aliphatic heterocycles. The van der Waals surface area contributed by atoms with Gasteiger partial charge in [0.05, 0.1) is 18.8 Å². The molecule has 128 valence electrons. The fourth-order valence-corrected chi connectivity index (χ4v) is 1.04. The Hall–Kier alpha value is -2.41. The van der Waals surface area contributed by atoms with Crippen LogP contribution < -0.4 is 0 Å². The molecule has 1 unspecified atom stereocenters. The Morgan fingerprint density at radius 1 is 1.30 bits per heavy atom. The zero-order valence-corrected chi connectivity index (χ0v) is 13.2. The van der Waals surface area contributed by atoms with Crippen molar-refractivity contribution in [1.29, 1.82) is 0 Å². The molecule has 0 radical (unpaired) electrons. The summed E-state index contributed by atoms with van der Waals surface area (Å²) >= 11 is 0. The van der Waals surface area contributed by atoms with Crippen molar-refractivity contribution < 1.29 is 33.7 Å². The first-order chi connectivity index (χ1) is 10.9. The summed E-state index contributed by atoms with van der Waals surface area (Å²) in [5.41, 5.74) is 0.0449. The van der Waals surface area contributed by atoms with Gasteiger partial charge in [0.25, 0.3) is 0 Å². The van der Waals surface area contributed by atoms with Crippen LogP contribution in [-0.4, -0.2) is 48.9 Å². The van der Waals surface area contributed by atoms with E-state index in [2.05, 4.69) is 17.9 Å². The number of hydrogen-bond donors (Lipinski definition) is 1. The van der Waals surface area contributed by atoms with Crippen LogP contribution in [0.1, 0.15) is 19.8 Å². The molecule has 1 N–H and O–H groups in total. The van der Waals surface area contributed by atoms with Gasteiger partial charge >= 0.3 is 17.9 Å². The van der Waals surface area contributed by atoms with Crippen molar-refractivity contribution >= 4 is 17.9 Å². The number of carboxylic acid groups (broad SMARTS) is 1. The number of epoxide rings is 1. The minimum absolute atomic E-state index is 0.0449. The van der Waals surface area contributed by atoms with Gasteiger partial charge in [-0.15, -0.1) is 0 Å². The first kappa shape index (κ1) is 20.6. The van der Waals surface area contributed by atoms with E-state index in [0.717, 1.165) is 31.1 Å². The Morgan fingerprint density at radius 3 is 2.43 bits per heavy atom. The van der Waals surface area contributed by atoms with Crippen molar-refractivity contribution in [2.24, 2.45) is 0 Å². The van der Waals surface area contributed by atoms with Crippen molar-refractivity contribution in [1.82, 2.24) is 0 Å². The third-order valence-corrected chi connectivity index (χ3v) is 2.40. The Morgan fingerprint density at radius 2 is 1.96 bits per heavy atom. The summed E-state index contributed by atoms with van der Waals surface area (Å²) in [5, 5.41) is 8.28. The molecule has 0 aromatic carbocycles. The smallest absolute Gasteiger partial charge is 0.337 e. The molecule has 0 saturated carbocycles. The summed E-state index contributed by atoms with van der Waals surface area (Å²) in [6.45, 7) is 10.0. The summed E-state index contributed by atoms with van der Waals surface area (Å²) in [6.07, 6.45) is 4.99. The van der Waals surface area contributed by atoms with Crippen LogP contribution in [0.5, 0.6) is 0 Å². The lowest BCUT2D eigenvalue weighted by molar-refractivity contribution is -0.139. The SMILES string of the molecule is C=C(C=CC(=O)O)C(=O)OCCCC.C=CC(=O)OCC1CO1. The van der Waals surface area contributed by atoms with Crippen molar-refractivity contribution in [2.45, 2.75) is 25.9 Å². The minimum Gasteiger partial charge on any atom is -0.478 e. The lowest BCUT2D eigenvalue weighted by atomic mass is 10.3. The second-order valence-electron chi connectivity index (χ2n) is 4.48. The minimum atomic E-state index is -1.12. The van der Waals surface area contributed by atoms with Gasteiger partial charge in [0.15, 0.2) is 0 Å². The molecule has 1 rings (SSSR count). The maximum atomic E-state index is 11.1. The fourth-order valence-electron chi connectivity index (χ4n) is 1.04. The van der Waals surface area contributed by atoms with E-state index in [9.17, 15) is 14.4 Å². The highest BCUT2D eigenvalue weighted by molar-refractivity contribution is 5.93. The van der Waals surface area contributed by atoms with Gasteiger partial charge in [-0.2, -0.15) is 0 Å². The molecule has 0 amide bonds. The van der Waals surface area contributed by atoms with Crippen LogP contribution in [0.25, 0.3) is 0 Å². The average molecular weight is 326 g/mol. The number of rotatable bonds is 9. The highest BCUT2D eigenvalue weighted by Gasteiger charge is 2.23. The summed E-state index contributed by atoms with van der Waals surface area (Å²) < 4.78 is 14.2. The number of hydrogen-bond acceptors (Lipinski definition) is 6. The number of carboxylic acids is 1. The zero-order valence-electron chi connectivity index (χ0n) is 13.2. The van der Waals surface area contributed by atoms with E-state index in [0.29, 0.717) is 19.8 Å². The molecular weight excluding hydrogens is 304 g/mol. The van der Waals surface area contributed by atoms with Gasteiger partial charge in [-0.3, -0.25) is 0 Å². The first-order valence-electron chi connectivity index (χ1n) is 7.08. The first-order valence-corrected chi connectivity index (χ1v) is 7.08. The summed E-state index contributed by atoms with van der Waals surface area (Å²) in [5.74, 6) is -2.08. The summed E-state index contributed by atoms with van der Waals surface area (Å²) in [6, 6.07) is 0. The van der Waals surface area contributed by atoms with Crippen LogP contribution in [0, 0.1) is 0 Å². The van der Waals surface area contributed by atoms with Gasteiger partial charge < -0.3 is 19.3 Å². The van der Waals surface area contributed by atoms with E-state index in [4.69, 9.17) is 14.6 Å².